The second kappa shape index (κ2) is 4.90. The third-order valence-electron chi connectivity index (χ3n) is 4.75. The van der Waals surface area contributed by atoms with Gasteiger partial charge in [-0.25, -0.2) is 0 Å². The minimum Gasteiger partial charge on any atom is -0.342 e. The van der Waals surface area contributed by atoms with Crippen LogP contribution in [0.5, 0.6) is 0 Å². The van der Waals surface area contributed by atoms with Gasteiger partial charge < -0.3 is 4.90 Å². The molecule has 6 heteroatoms. The molecular weight excluding hydrogens is 282 g/mol. The van der Waals surface area contributed by atoms with Gasteiger partial charge in [0.15, 0.2) is 0 Å². The maximum atomic E-state index is 12.4. The van der Waals surface area contributed by atoms with Crippen molar-refractivity contribution in [2.24, 2.45) is 5.92 Å². The molecular formula is C16H17N3O3. The van der Waals surface area contributed by atoms with Crippen molar-refractivity contribution in [3.05, 3.63) is 29.6 Å². The van der Waals surface area contributed by atoms with E-state index in [1.807, 2.05) is 4.90 Å². The Labute approximate surface area is 128 Å². The van der Waals surface area contributed by atoms with Gasteiger partial charge >= 0.3 is 0 Å². The molecule has 3 aliphatic rings. The van der Waals surface area contributed by atoms with E-state index in [1.165, 1.54) is 11.1 Å². The Morgan fingerprint density at radius 3 is 2.45 bits per heavy atom. The van der Waals surface area contributed by atoms with E-state index in [1.54, 1.807) is 12.1 Å². The van der Waals surface area contributed by atoms with Crippen LogP contribution in [-0.2, 0) is 4.79 Å². The molecule has 3 heterocycles. The molecule has 0 spiro atoms. The molecule has 6 nitrogen and oxygen atoms in total. The topological polar surface area (TPSA) is 70.6 Å². The minimum absolute atomic E-state index is 0.127. The fourth-order valence-electron chi connectivity index (χ4n) is 3.35. The van der Waals surface area contributed by atoms with Crippen molar-refractivity contribution in [1.29, 1.82) is 0 Å². The fraction of sp³-hybridized carbons (Fsp3) is 0.500. The highest BCUT2D eigenvalue weighted by Crippen LogP contribution is 2.33. The fourth-order valence-corrected chi connectivity index (χ4v) is 3.35. The van der Waals surface area contributed by atoms with E-state index in [-0.39, 0.29) is 35.4 Å². The summed E-state index contributed by atoms with van der Waals surface area (Å²) >= 11 is 0. The predicted octanol–water partition coefficient (Wildman–Crippen LogP) is 1.08. The number of nitrogens with zero attached hydrogens (tertiary/aromatic N) is 3. The molecule has 1 saturated carbocycles. The number of likely N-dealkylation sites (tertiary alicyclic amines) is 1. The van der Waals surface area contributed by atoms with Crippen molar-refractivity contribution in [2.45, 2.75) is 31.7 Å². The summed E-state index contributed by atoms with van der Waals surface area (Å²) < 4.78 is 0. The van der Waals surface area contributed by atoms with Crippen molar-refractivity contribution in [3.8, 4) is 0 Å². The third kappa shape index (κ3) is 2.01. The number of fused-ring (bicyclic) bond motifs is 1. The molecule has 1 aliphatic carbocycles. The number of rotatable bonds is 2. The Kier molecular flexibility index (Phi) is 2.99. The van der Waals surface area contributed by atoms with Gasteiger partial charge in [0, 0.05) is 31.2 Å². The van der Waals surface area contributed by atoms with E-state index in [0.717, 1.165) is 12.8 Å². The molecule has 0 bridgehead atoms. The summed E-state index contributed by atoms with van der Waals surface area (Å²) in [6.07, 6.45) is 4.85. The van der Waals surface area contributed by atoms with Crippen LogP contribution in [0.2, 0.25) is 0 Å². The molecule has 22 heavy (non-hydrogen) atoms. The summed E-state index contributed by atoms with van der Waals surface area (Å²) in [4.78, 5) is 44.1. The molecule has 114 valence electrons. The first kappa shape index (κ1) is 13.4. The SMILES string of the molecule is O=C(C1CC1)N1CCC(N2C(=O)c3cccnc3C2=O)CC1. The monoisotopic (exact) mass is 299 g/mol. The van der Waals surface area contributed by atoms with Gasteiger partial charge in [-0.1, -0.05) is 0 Å². The standard InChI is InChI=1S/C16H17N3O3/c20-14(10-3-4-10)18-8-5-11(6-9-18)19-15(21)12-2-1-7-17-13(12)16(19)22/h1-2,7,10-11H,3-6,8-9H2. The van der Waals surface area contributed by atoms with Gasteiger partial charge in [-0.15, -0.1) is 0 Å². The number of carbonyl (C=O) groups is 3. The summed E-state index contributed by atoms with van der Waals surface area (Å²) in [6, 6.07) is 3.19. The quantitative estimate of drug-likeness (QED) is 0.766. The Hall–Kier alpha value is -2.24. The molecule has 0 radical (unpaired) electrons. The Morgan fingerprint density at radius 2 is 1.82 bits per heavy atom. The summed E-state index contributed by atoms with van der Waals surface area (Å²) in [5, 5.41) is 0. The zero-order valence-corrected chi connectivity index (χ0v) is 12.2. The van der Waals surface area contributed by atoms with Crippen molar-refractivity contribution in [1.82, 2.24) is 14.8 Å². The van der Waals surface area contributed by atoms with Crippen LogP contribution < -0.4 is 0 Å². The van der Waals surface area contributed by atoms with Crippen molar-refractivity contribution >= 4 is 17.7 Å². The van der Waals surface area contributed by atoms with E-state index in [2.05, 4.69) is 4.98 Å². The average molecular weight is 299 g/mol. The van der Waals surface area contributed by atoms with Crippen molar-refractivity contribution < 1.29 is 14.4 Å². The lowest BCUT2D eigenvalue weighted by atomic mass is 10.0. The third-order valence-corrected chi connectivity index (χ3v) is 4.75. The van der Waals surface area contributed by atoms with Crippen molar-refractivity contribution in [3.63, 3.8) is 0 Å². The van der Waals surface area contributed by atoms with Crippen LogP contribution in [0.3, 0.4) is 0 Å². The first-order valence-corrected chi connectivity index (χ1v) is 7.78. The molecule has 0 unspecified atom stereocenters. The van der Waals surface area contributed by atoms with Gasteiger partial charge in [-0.3, -0.25) is 24.3 Å². The van der Waals surface area contributed by atoms with E-state index >= 15 is 0 Å². The number of hydrogen-bond donors (Lipinski definition) is 0. The number of hydrogen-bond acceptors (Lipinski definition) is 4. The lowest BCUT2D eigenvalue weighted by molar-refractivity contribution is -0.133. The van der Waals surface area contributed by atoms with Crippen LogP contribution in [0.25, 0.3) is 0 Å². The highest BCUT2D eigenvalue weighted by atomic mass is 16.2. The molecule has 0 N–H and O–H groups in total. The Balaban J connectivity index is 1.47. The molecule has 0 aromatic carbocycles. The summed E-state index contributed by atoms with van der Waals surface area (Å²) in [6.45, 7) is 1.25. The van der Waals surface area contributed by atoms with E-state index < -0.39 is 0 Å². The van der Waals surface area contributed by atoms with Gasteiger partial charge in [0.05, 0.1) is 5.56 Å². The lowest BCUT2D eigenvalue weighted by Crippen LogP contribution is -2.49. The molecule has 1 aromatic heterocycles. The number of imide groups is 1. The van der Waals surface area contributed by atoms with Crippen LogP contribution in [-0.4, -0.2) is 51.6 Å². The average Bonchev–Trinajstić information content (AvgIpc) is 3.36. The molecule has 4 rings (SSSR count). The number of carbonyl (C=O) groups excluding carboxylic acids is 3. The zero-order valence-electron chi connectivity index (χ0n) is 12.2. The Bertz CT molecular complexity index is 625. The van der Waals surface area contributed by atoms with E-state index in [4.69, 9.17) is 0 Å². The zero-order chi connectivity index (χ0) is 15.3. The molecule has 1 saturated heterocycles. The van der Waals surface area contributed by atoms with Gasteiger partial charge in [-0.05, 0) is 37.8 Å². The maximum absolute atomic E-state index is 12.4. The second-order valence-corrected chi connectivity index (χ2v) is 6.21. The van der Waals surface area contributed by atoms with Gasteiger partial charge in [-0.2, -0.15) is 0 Å². The number of aromatic nitrogens is 1. The molecule has 3 amide bonds. The second-order valence-electron chi connectivity index (χ2n) is 6.21. The minimum atomic E-state index is -0.299. The number of piperidine rings is 1. The van der Waals surface area contributed by atoms with Gasteiger partial charge in [0.2, 0.25) is 5.91 Å². The highest BCUT2D eigenvalue weighted by molar-refractivity contribution is 6.20. The lowest BCUT2D eigenvalue weighted by Gasteiger charge is -2.35. The summed E-state index contributed by atoms with van der Waals surface area (Å²) in [7, 11) is 0. The molecule has 2 fully saturated rings. The van der Waals surface area contributed by atoms with Crippen LogP contribution in [0.15, 0.2) is 18.3 Å². The van der Waals surface area contributed by atoms with Crippen LogP contribution in [0.1, 0.15) is 46.5 Å². The smallest absolute Gasteiger partial charge is 0.280 e. The van der Waals surface area contributed by atoms with Crippen molar-refractivity contribution in [2.75, 3.05) is 13.1 Å². The molecule has 1 aromatic rings. The van der Waals surface area contributed by atoms with Crippen LogP contribution in [0, 0.1) is 5.92 Å². The van der Waals surface area contributed by atoms with E-state index in [0.29, 0.717) is 31.5 Å². The van der Waals surface area contributed by atoms with Crippen LogP contribution >= 0.6 is 0 Å². The summed E-state index contributed by atoms with van der Waals surface area (Å²) in [5.74, 6) is -0.0878. The number of pyridine rings is 1. The largest absolute Gasteiger partial charge is 0.342 e. The first-order chi connectivity index (χ1) is 10.7. The number of amides is 3. The highest BCUT2D eigenvalue weighted by Gasteiger charge is 2.43. The van der Waals surface area contributed by atoms with Gasteiger partial charge in [0.1, 0.15) is 5.69 Å². The summed E-state index contributed by atoms with van der Waals surface area (Å²) in [5.41, 5.74) is 0.646. The first-order valence-electron chi connectivity index (χ1n) is 7.78. The normalized spacial score (nSPS) is 22.2. The van der Waals surface area contributed by atoms with Crippen LogP contribution in [0.4, 0.5) is 0 Å². The predicted molar refractivity (Wildman–Crippen MR) is 77.1 cm³/mol. The van der Waals surface area contributed by atoms with E-state index in [9.17, 15) is 14.4 Å². The molecule has 2 aliphatic heterocycles. The van der Waals surface area contributed by atoms with Gasteiger partial charge in [0.25, 0.3) is 11.8 Å². The Morgan fingerprint density at radius 1 is 1.09 bits per heavy atom. The molecule has 0 atom stereocenters. The maximum Gasteiger partial charge on any atom is 0.280 e.